The minimum Gasteiger partial charge on any atom is -0.475 e. The standard InChI is InChI=1S/C15H25N3O/c1-12(2)19-15-14(4-3-7-18-15)11-17-10-13-5-8-16-9-6-13/h3-4,7,12-13,16-17H,5-6,8-11H2,1-2H3. The van der Waals surface area contributed by atoms with E-state index in [1.54, 1.807) is 6.20 Å². The summed E-state index contributed by atoms with van der Waals surface area (Å²) in [6.45, 7) is 8.28. The molecule has 0 unspecified atom stereocenters. The summed E-state index contributed by atoms with van der Waals surface area (Å²) in [5, 5.41) is 6.93. The molecule has 0 bridgehead atoms. The Morgan fingerprint density at radius 3 is 2.95 bits per heavy atom. The summed E-state index contributed by atoms with van der Waals surface area (Å²) in [6.07, 6.45) is 4.50. The SMILES string of the molecule is CC(C)Oc1ncccc1CNCC1CCNCC1. The normalized spacial score (nSPS) is 16.8. The molecule has 19 heavy (non-hydrogen) atoms. The summed E-state index contributed by atoms with van der Waals surface area (Å²) in [7, 11) is 0. The Kier molecular flexibility index (Phi) is 5.61. The van der Waals surface area contributed by atoms with Crippen molar-refractivity contribution in [1.82, 2.24) is 15.6 Å². The molecular weight excluding hydrogens is 238 g/mol. The second kappa shape index (κ2) is 7.46. The summed E-state index contributed by atoms with van der Waals surface area (Å²) in [4.78, 5) is 4.31. The molecule has 4 nitrogen and oxygen atoms in total. The van der Waals surface area contributed by atoms with Crippen LogP contribution in [0.5, 0.6) is 5.88 Å². The van der Waals surface area contributed by atoms with Gasteiger partial charge in [0, 0.05) is 18.3 Å². The molecule has 0 saturated carbocycles. The number of hydrogen-bond donors (Lipinski definition) is 2. The molecule has 1 aliphatic rings. The van der Waals surface area contributed by atoms with Crippen LogP contribution in [-0.4, -0.2) is 30.7 Å². The molecule has 1 fully saturated rings. The summed E-state index contributed by atoms with van der Waals surface area (Å²) in [5.74, 6) is 1.56. The average Bonchev–Trinajstić information content (AvgIpc) is 2.41. The Hall–Kier alpha value is -1.13. The fourth-order valence-electron chi connectivity index (χ4n) is 2.38. The lowest BCUT2D eigenvalue weighted by molar-refractivity contribution is 0.229. The molecule has 0 atom stereocenters. The zero-order valence-corrected chi connectivity index (χ0v) is 12.0. The minimum absolute atomic E-state index is 0.165. The highest BCUT2D eigenvalue weighted by Crippen LogP contribution is 2.16. The van der Waals surface area contributed by atoms with Crippen molar-refractivity contribution in [3.05, 3.63) is 23.9 Å². The number of piperidine rings is 1. The van der Waals surface area contributed by atoms with E-state index in [0.29, 0.717) is 0 Å². The molecule has 106 valence electrons. The van der Waals surface area contributed by atoms with Gasteiger partial charge in [-0.1, -0.05) is 6.07 Å². The van der Waals surface area contributed by atoms with Crippen LogP contribution in [0.15, 0.2) is 18.3 Å². The van der Waals surface area contributed by atoms with Gasteiger partial charge in [-0.25, -0.2) is 4.98 Å². The van der Waals surface area contributed by atoms with Crippen LogP contribution >= 0.6 is 0 Å². The molecule has 1 saturated heterocycles. The van der Waals surface area contributed by atoms with Crippen LogP contribution in [0.2, 0.25) is 0 Å². The van der Waals surface area contributed by atoms with Crippen molar-refractivity contribution >= 4 is 0 Å². The predicted octanol–water partition coefficient (Wildman–Crippen LogP) is 1.96. The van der Waals surface area contributed by atoms with E-state index in [0.717, 1.165) is 43.5 Å². The van der Waals surface area contributed by atoms with E-state index in [4.69, 9.17) is 4.74 Å². The van der Waals surface area contributed by atoms with Crippen molar-refractivity contribution in [2.75, 3.05) is 19.6 Å². The predicted molar refractivity (Wildman–Crippen MR) is 77.3 cm³/mol. The molecule has 2 heterocycles. The van der Waals surface area contributed by atoms with Crippen LogP contribution in [-0.2, 0) is 6.54 Å². The molecule has 0 amide bonds. The quantitative estimate of drug-likeness (QED) is 0.823. The van der Waals surface area contributed by atoms with E-state index in [1.807, 2.05) is 19.9 Å². The lowest BCUT2D eigenvalue weighted by Crippen LogP contribution is -2.33. The third kappa shape index (κ3) is 4.80. The molecule has 1 aromatic rings. The van der Waals surface area contributed by atoms with Gasteiger partial charge in [-0.15, -0.1) is 0 Å². The average molecular weight is 263 g/mol. The fourth-order valence-corrected chi connectivity index (χ4v) is 2.38. The van der Waals surface area contributed by atoms with Gasteiger partial charge in [-0.3, -0.25) is 0 Å². The van der Waals surface area contributed by atoms with Crippen LogP contribution in [0.25, 0.3) is 0 Å². The first-order valence-corrected chi connectivity index (χ1v) is 7.27. The lowest BCUT2D eigenvalue weighted by Gasteiger charge is -2.23. The van der Waals surface area contributed by atoms with Crippen molar-refractivity contribution < 1.29 is 4.74 Å². The van der Waals surface area contributed by atoms with E-state index in [-0.39, 0.29) is 6.10 Å². The van der Waals surface area contributed by atoms with Gasteiger partial charge in [0.1, 0.15) is 0 Å². The Balaban J connectivity index is 1.81. The number of ether oxygens (including phenoxy) is 1. The highest BCUT2D eigenvalue weighted by molar-refractivity contribution is 5.25. The van der Waals surface area contributed by atoms with Gasteiger partial charge in [0.05, 0.1) is 6.10 Å². The van der Waals surface area contributed by atoms with Gasteiger partial charge in [0.15, 0.2) is 0 Å². The Morgan fingerprint density at radius 1 is 1.42 bits per heavy atom. The van der Waals surface area contributed by atoms with E-state index in [2.05, 4.69) is 21.7 Å². The number of aromatic nitrogens is 1. The molecule has 0 radical (unpaired) electrons. The largest absolute Gasteiger partial charge is 0.475 e. The third-order valence-corrected chi connectivity index (χ3v) is 3.40. The van der Waals surface area contributed by atoms with Gasteiger partial charge in [-0.2, -0.15) is 0 Å². The smallest absolute Gasteiger partial charge is 0.218 e. The van der Waals surface area contributed by atoms with Crippen LogP contribution in [0, 0.1) is 5.92 Å². The third-order valence-electron chi connectivity index (χ3n) is 3.40. The number of nitrogens with zero attached hydrogens (tertiary/aromatic N) is 1. The fraction of sp³-hybridized carbons (Fsp3) is 0.667. The molecule has 4 heteroatoms. The van der Waals surface area contributed by atoms with Crippen molar-refractivity contribution in [3.8, 4) is 5.88 Å². The second-order valence-electron chi connectivity index (χ2n) is 5.46. The zero-order chi connectivity index (χ0) is 13.5. The van der Waals surface area contributed by atoms with Crippen LogP contribution in [0.1, 0.15) is 32.3 Å². The maximum Gasteiger partial charge on any atom is 0.218 e. The lowest BCUT2D eigenvalue weighted by atomic mass is 9.98. The number of nitrogens with one attached hydrogen (secondary N) is 2. The van der Waals surface area contributed by atoms with Gasteiger partial charge >= 0.3 is 0 Å². The first-order valence-electron chi connectivity index (χ1n) is 7.27. The van der Waals surface area contributed by atoms with Crippen LogP contribution in [0.4, 0.5) is 0 Å². The van der Waals surface area contributed by atoms with Crippen molar-refractivity contribution in [1.29, 1.82) is 0 Å². The highest BCUT2D eigenvalue weighted by atomic mass is 16.5. The maximum atomic E-state index is 5.73. The number of pyridine rings is 1. The molecule has 0 aromatic carbocycles. The molecule has 2 rings (SSSR count). The first kappa shape index (κ1) is 14.3. The molecule has 0 aliphatic carbocycles. The van der Waals surface area contributed by atoms with Crippen molar-refractivity contribution in [2.45, 2.75) is 39.3 Å². The van der Waals surface area contributed by atoms with Gasteiger partial charge < -0.3 is 15.4 Å². The molecule has 2 N–H and O–H groups in total. The van der Waals surface area contributed by atoms with E-state index in [9.17, 15) is 0 Å². The van der Waals surface area contributed by atoms with Crippen LogP contribution < -0.4 is 15.4 Å². The molecular formula is C15H25N3O. The maximum absolute atomic E-state index is 5.73. The molecule has 1 aromatic heterocycles. The second-order valence-corrected chi connectivity index (χ2v) is 5.46. The van der Waals surface area contributed by atoms with E-state index < -0.39 is 0 Å². The van der Waals surface area contributed by atoms with E-state index >= 15 is 0 Å². The monoisotopic (exact) mass is 263 g/mol. The van der Waals surface area contributed by atoms with Crippen molar-refractivity contribution in [2.24, 2.45) is 5.92 Å². The number of rotatable bonds is 6. The molecule has 1 aliphatic heterocycles. The Morgan fingerprint density at radius 2 is 2.21 bits per heavy atom. The summed E-state index contributed by atoms with van der Waals surface area (Å²) in [5.41, 5.74) is 1.14. The van der Waals surface area contributed by atoms with Crippen molar-refractivity contribution in [3.63, 3.8) is 0 Å². The van der Waals surface area contributed by atoms with Gasteiger partial charge in [-0.05, 0) is 58.3 Å². The van der Waals surface area contributed by atoms with Gasteiger partial charge in [0.25, 0.3) is 0 Å². The minimum atomic E-state index is 0.165. The Bertz CT molecular complexity index is 375. The Labute approximate surface area is 116 Å². The zero-order valence-electron chi connectivity index (χ0n) is 12.0. The summed E-state index contributed by atoms with van der Waals surface area (Å²) >= 11 is 0. The number of hydrogen-bond acceptors (Lipinski definition) is 4. The topological polar surface area (TPSA) is 46.2 Å². The van der Waals surface area contributed by atoms with Gasteiger partial charge in [0.2, 0.25) is 5.88 Å². The molecule has 0 spiro atoms. The summed E-state index contributed by atoms with van der Waals surface area (Å²) < 4.78 is 5.73. The first-order chi connectivity index (χ1) is 9.25. The van der Waals surface area contributed by atoms with E-state index in [1.165, 1.54) is 12.8 Å². The highest BCUT2D eigenvalue weighted by Gasteiger charge is 2.13. The van der Waals surface area contributed by atoms with Crippen LogP contribution in [0.3, 0.4) is 0 Å². The summed E-state index contributed by atoms with van der Waals surface area (Å²) in [6, 6.07) is 4.05.